The molecule has 1 N–H and O–H groups in total. The Morgan fingerprint density at radius 3 is 1.48 bits per heavy atom. The van der Waals surface area contributed by atoms with Crippen molar-refractivity contribution in [1.82, 2.24) is 0 Å². The van der Waals surface area contributed by atoms with E-state index in [1.807, 2.05) is 33.3 Å². The number of likely N-dealkylation sites (N-methyl/N-ethyl adjacent to an activating group) is 1. The number of hydrogen-bond acceptors (Lipinski definition) is 7. The molecule has 58 heavy (non-hydrogen) atoms. The molecule has 0 fully saturated rings. The van der Waals surface area contributed by atoms with Crippen molar-refractivity contribution in [1.29, 1.82) is 0 Å². The summed E-state index contributed by atoms with van der Waals surface area (Å²) in [4.78, 5) is 35.3. The Morgan fingerprint density at radius 2 is 0.966 bits per heavy atom. The molecule has 0 saturated heterocycles. The lowest BCUT2D eigenvalue weighted by molar-refractivity contribution is -0.870. The van der Waals surface area contributed by atoms with Crippen LogP contribution in [-0.4, -0.2) is 74.9 Å². The first-order valence-electron chi connectivity index (χ1n) is 22.3. The molecule has 0 amide bonds. The second kappa shape index (κ2) is 39.6. The molecule has 2 atom stereocenters. The Balaban J connectivity index is 4.56. The van der Waals surface area contributed by atoms with E-state index in [9.17, 15) is 19.0 Å². The van der Waals surface area contributed by atoms with Crippen molar-refractivity contribution >= 4 is 19.8 Å². The molecule has 10 heteroatoms. The highest BCUT2D eigenvalue weighted by atomic mass is 31.2. The van der Waals surface area contributed by atoms with Gasteiger partial charge in [0.1, 0.15) is 19.8 Å². The minimum Gasteiger partial charge on any atom is -0.462 e. The van der Waals surface area contributed by atoms with Crippen LogP contribution in [0.5, 0.6) is 0 Å². The third kappa shape index (κ3) is 42.8. The van der Waals surface area contributed by atoms with E-state index in [1.165, 1.54) is 64.2 Å². The van der Waals surface area contributed by atoms with Gasteiger partial charge in [0.2, 0.25) is 0 Å². The number of allylic oxidation sites excluding steroid dienone is 14. The van der Waals surface area contributed by atoms with Gasteiger partial charge in [0.15, 0.2) is 6.10 Å². The molecule has 0 aromatic carbocycles. The third-order valence-electron chi connectivity index (χ3n) is 8.91. The van der Waals surface area contributed by atoms with Gasteiger partial charge in [0.05, 0.1) is 27.7 Å². The second-order valence-corrected chi connectivity index (χ2v) is 17.2. The molecule has 0 aliphatic heterocycles. The highest BCUT2D eigenvalue weighted by molar-refractivity contribution is 7.47. The van der Waals surface area contributed by atoms with Crippen LogP contribution in [0, 0.1) is 0 Å². The number of nitrogens with zero attached hydrogens (tertiary/aromatic N) is 1. The van der Waals surface area contributed by atoms with Crippen LogP contribution in [0.2, 0.25) is 0 Å². The molecule has 0 radical (unpaired) electrons. The zero-order chi connectivity index (χ0) is 42.8. The zero-order valence-electron chi connectivity index (χ0n) is 37.2. The predicted molar refractivity (Wildman–Crippen MR) is 242 cm³/mol. The van der Waals surface area contributed by atoms with Gasteiger partial charge in [0, 0.05) is 12.8 Å². The number of phosphoric ester groups is 1. The summed E-state index contributed by atoms with van der Waals surface area (Å²) in [6, 6.07) is 0. The molecule has 1 unspecified atom stereocenters. The minimum absolute atomic E-state index is 0.00918. The van der Waals surface area contributed by atoms with E-state index in [-0.39, 0.29) is 26.1 Å². The largest absolute Gasteiger partial charge is 0.472 e. The number of rotatable bonds is 39. The van der Waals surface area contributed by atoms with Crippen molar-refractivity contribution in [2.75, 3.05) is 47.5 Å². The number of phosphoric acid groups is 1. The molecule has 0 bridgehead atoms. The minimum atomic E-state index is -4.41. The summed E-state index contributed by atoms with van der Waals surface area (Å²) in [5, 5.41) is 0. The Labute approximate surface area is 354 Å². The Morgan fingerprint density at radius 1 is 0.534 bits per heavy atom. The van der Waals surface area contributed by atoms with Crippen molar-refractivity contribution in [3.05, 3.63) is 85.1 Å². The van der Waals surface area contributed by atoms with Gasteiger partial charge in [-0.25, -0.2) is 4.57 Å². The Kier molecular flexibility index (Phi) is 37.7. The smallest absolute Gasteiger partial charge is 0.462 e. The summed E-state index contributed by atoms with van der Waals surface area (Å²) < 4.78 is 34.2. The molecular weight excluding hydrogens is 750 g/mol. The van der Waals surface area contributed by atoms with Crippen LogP contribution in [0.25, 0.3) is 0 Å². The molecule has 0 aliphatic rings. The van der Waals surface area contributed by atoms with Gasteiger partial charge in [-0.05, 0) is 83.5 Å². The van der Waals surface area contributed by atoms with Crippen LogP contribution in [0.3, 0.4) is 0 Å². The summed E-state index contributed by atoms with van der Waals surface area (Å²) >= 11 is 0. The van der Waals surface area contributed by atoms with Gasteiger partial charge in [0.25, 0.3) is 0 Å². The first-order valence-corrected chi connectivity index (χ1v) is 23.8. The van der Waals surface area contributed by atoms with E-state index >= 15 is 0 Å². The lowest BCUT2D eigenvalue weighted by atomic mass is 10.1. The van der Waals surface area contributed by atoms with Crippen LogP contribution in [0.15, 0.2) is 85.1 Å². The van der Waals surface area contributed by atoms with Crippen LogP contribution < -0.4 is 0 Å². The summed E-state index contributed by atoms with van der Waals surface area (Å²) in [6.07, 6.45) is 50.8. The van der Waals surface area contributed by atoms with Crippen LogP contribution in [0.1, 0.15) is 155 Å². The van der Waals surface area contributed by atoms with E-state index in [4.69, 9.17) is 18.5 Å². The van der Waals surface area contributed by atoms with Gasteiger partial charge in [-0.2, -0.15) is 0 Å². The molecule has 0 saturated carbocycles. The average Bonchev–Trinajstić information content (AvgIpc) is 3.17. The van der Waals surface area contributed by atoms with Crippen molar-refractivity contribution < 1.29 is 42.1 Å². The maximum atomic E-state index is 12.7. The second-order valence-electron chi connectivity index (χ2n) is 15.7. The van der Waals surface area contributed by atoms with Gasteiger partial charge < -0.3 is 18.9 Å². The maximum Gasteiger partial charge on any atom is 0.472 e. The van der Waals surface area contributed by atoms with Crippen molar-refractivity contribution in [2.24, 2.45) is 0 Å². The van der Waals surface area contributed by atoms with Gasteiger partial charge in [-0.1, -0.05) is 144 Å². The van der Waals surface area contributed by atoms with E-state index in [0.717, 1.165) is 51.4 Å². The molecule has 0 aromatic heterocycles. The molecular formula is C48H83NO8P+. The Hall–Kier alpha value is -2.81. The lowest BCUT2D eigenvalue weighted by Crippen LogP contribution is -2.37. The quantitative estimate of drug-likeness (QED) is 0.0214. The van der Waals surface area contributed by atoms with Crippen LogP contribution in [-0.2, 0) is 32.7 Å². The number of hydrogen-bond donors (Lipinski definition) is 1. The van der Waals surface area contributed by atoms with Gasteiger partial charge >= 0.3 is 19.8 Å². The highest BCUT2D eigenvalue weighted by Gasteiger charge is 2.27. The number of carbonyl (C=O) groups is 2. The Bertz CT molecular complexity index is 1260. The number of esters is 2. The molecule has 0 aromatic rings. The summed E-state index contributed by atoms with van der Waals surface area (Å²) in [5.74, 6) is -0.941. The van der Waals surface area contributed by atoms with Gasteiger partial charge in [-0.3, -0.25) is 18.6 Å². The zero-order valence-corrected chi connectivity index (χ0v) is 38.1. The number of carbonyl (C=O) groups excluding carboxylic acids is 2. The van der Waals surface area contributed by atoms with E-state index in [1.54, 1.807) is 0 Å². The SMILES string of the molecule is CCCCC/C=C/C/C=C/C/C=C/C/C=C/C/C=C/CCC(=O)O[C@H](COC(=O)CCCC/C=C/C/C=C/CCCCCCCC)COP(=O)(O)OCC[N+](C)(C)C. The van der Waals surface area contributed by atoms with Crippen molar-refractivity contribution in [3.8, 4) is 0 Å². The molecule has 9 nitrogen and oxygen atoms in total. The number of unbranched alkanes of at least 4 members (excludes halogenated alkanes) is 11. The highest BCUT2D eigenvalue weighted by Crippen LogP contribution is 2.43. The van der Waals surface area contributed by atoms with Crippen molar-refractivity contribution in [3.63, 3.8) is 0 Å². The predicted octanol–water partition coefficient (Wildman–Crippen LogP) is 12.8. The molecule has 332 valence electrons. The average molecular weight is 833 g/mol. The first-order chi connectivity index (χ1) is 28.0. The molecule has 0 spiro atoms. The van der Waals surface area contributed by atoms with Crippen LogP contribution >= 0.6 is 7.82 Å². The third-order valence-corrected chi connectivity index (χ3v) is 9.90. The van der Waals surface area contributed by atoms with E-state index < -0.39 is 32.5 Å². The van der Waals surface area contributed by atoms with Crippen molar-refractivity contribution in [2.45, 2.75) is 161 Å². The normalized spacial score (nSPS) is 14.4. The summed E-state index contributed by atoms with van der Waals surface area (Å²) in [7, 11) is 1.40. The fourth-order valence-electron chi connectivity index (χ4n) is 5.38. The standard InChI is InChI=1S/C48H82NO8P/c1-6-8-10-12-14-16-18-20-22-23-24-25-27-29-31-33-35-37-39-41-48(51)57-46(45-56-58(52,53)55-43-42-49(3,4)5)44-54-47(50)40-38-36-34-32-30-28-26-21-19-17-15-13-11-9-7-2/h14,16,20-22,24-26,29-32,35,37,46H,6-13,15,17-19,23,27-28,33-34,36,38-45H2,1-5H3/p+1/b16-14+,22-20+,25-24+,26-21+,31-29+,32-30+,37-35+/t46-/m1/s1. The van der Waals surface area contributed by atoms with Crippen LogP contribution in [0.4, 0.5) is 0 Å². The summed E-state index contributed by atoms with van der Waals surface area (Å²) in [6.45, 7) is 4.24. The van der Waals surface area contributed by atoms with E-state index in [0.29, 0.717) is 23.9 Å². The number of quaternary nitrogens is 1. The number of ether oxygens (including phenoxy) is 2. The summed E-state index contributed by atoms with van der Waals surface area (Å²) in [5.41, 5.74) is 0. The molecule has 0 heterocycles. The topological polar surface area (TPSA) is 108 Å². The fourth-order valence-corrected chi connectivity index (χ4v) is 6.12. The van der Waals surface area contributed by atoms with E-state index in [2.05, 4.69) is 86.8 Å². The monoisotopic (exact) mass is 833 g/mol. The lowest BCUT2D eigenvalue weighted by Gasteiger charge is -2.24. The first kappa shape index (κ1) is 55.2. The maximum absolute atomic E-state index is 12.7. The molecule has 0 aliphatic carbocycles. The molecule has 0 rings (SSSR count). The fraction of sp³-hybridized carbons (Fsp3) is 0.667. The van der Waals surface area contributed by atoms with Gasteiger partial charge in [-0.15, -0.1) is 0 Å².